The van der Waals surface area contributed by atoms with E-state index in [9.17, 15) is 13.2 Å². The lowest BCUT2D eigenvalue weighted by Crippen LogP contribution is -2.48. The van der Waals surface area contributed by atoms with Crippen LogP contribution in [0.15, 0.2) is 69.7 Å². The summed E-state index contributed by atoms with van der Waals surface area (Å²) in [5.74, 6) is 0. The molecule has 1 aliphatic heterocycles. The molecule has 9 heteroatoms. The third-order valence-electron chi connectivity index (χ3n) is 6.21. The van der Waals surface area contributed by atoms with Gasteiger partial charge in [0.1, 0.15) is 0 Å². The normalized spacial score (nSPS) is 15.7. The first kappa shape index (κ1) is 22.9. The molecule has 0 N–H and O–H groups in total. The first-order chi connectivity index (χ1) is 16.3. The van der Waals surface area contributed by atoms with E-state index in [0.717, 1.165) is 22.4 Å². The van der Waals surface area contributed by atoms with Crippen LogP contribution in [0.25, 0.3) is 16.2 Å². The summed E-state index contributed by atoms with van der Waals surface area (Å²) in [6, 6.07) is 16.9. The van der Waals surface area contributed by atoms with Crippen molar-refractivity contribution in [2.75, 3.05) is 26.2 Å². The molecule has 176 valence electrons. The lowest BCUT2D eigenvalue weighted by atomic mass is 10.2. The fourth-order valence-electron chi connectivity index (χ4n) is 4.34. The molecular formula is C25H26N4O3S2. The van der Waals surface area contributed by atoms with Gasteiger partial charge in [0.15, 0.2) is 4.96 Å². The molecule has 34 heavy (non-hydrogen) atoms. The summed E-state index contributed by atoms with van der Waals surface area (Å²) in [4.78, 5) is 20.8. The van der Waals surface area contributed by atoms with E-state index in [2.05, 4.69) is 4.90 Å². The number of nitrogens with zero attached hydrogens (tertiary/aromatic N) is 4. The average Bonchev–Trinajstić information content (AvgIpc) is 3.26. The molecule has 1 fully saturated rings. The third kappa shape index (κ3) is 4.32. The van der Waals surface area contributed by atoms with Crippen LogP contribution in [0.2, 0.25) is 0 Å². The van der Waals surface area contributed by atoms with Crippen molar-refractivity contribution in [3.63, 3.8) is 0 Å². The van der Waals surface area contributed by atoms with Crippen molar-refractivity contribution in [2.45, 2.75) is 25.3 Å². The molecule has 7 nitrogen and oxygen atoms in total. The minimum absolute atomic E-state index is 0.101. The molecule has 2 aromatic carbocycles. The monoisotopic (exact) mass is 494 g/mol. The Hall–Kier alpha value is -2.85. The van der Waals surface area contributed by atoms with Gasteiger partial charge in [-0.05, 0) is 36.6 Å². The van der Waals surface area contributed by atoms with Crippen LogP contribution in [-0.2, 0) is 16.6 Å². The zero-order valence-corrected chi connectivity index (χ0v) is 20.8. The molecule has 0 spiro atoms. The molecule has 0 unspecified atom stereocenters. The van der Waals surface area contributed by atoms with Gasteiger partial charge in [0, 0.05) is 44.2 Å². The van der Waals surface area contributed by atoms with E-state index in [4.69, 9.17) is 4.98 Å². The number of aromatic nitrogens is 2. The van der Waals surface area contributed by atoms with Gasteiger partial charge in [-0.25, -0.2) is 13.4 Å². The SMILES string of the molecule is Cc1ccc(C)c(S(=O)(=O)N2CCN(Cc3cc(=O)n4c(-c5ccccc5)csc4n3)CC2)c1. The van der Waals surface area contributed by atoms with Crippen molar-refractivity contribution in [3.05, 3.63) is 87.2 Å². The fraction of sp³-hybridized carbons (Fsp3) is 0.280. The summed E-state index contributed by atoms with van der Waals surface area (Å²) in [7, 11) is -3.53. The Morgan fingerprint density at radius 2 is 1.71 bits per heavy atom. The van der Waals surface area contributed by atoms with Gasteiger partial charge in [-0.2, -0.15) is 4.31 Å². The second-order valence-electron chi connectivity index (χ2n) is 8.64. The highest BCUT2D eigenvalue weighted by Gasteiger charge is 2.30. The summed E-state index contributed by atoms with van der Waals surface area (Å²) in [5.41, 5.74) is 4.12. The Labute approximate surface area is 203 Å². The van der Waals surface area contributed by atoms with E-state index in [1.807, 2.05) is 61.7 Å². The molecule has 0 aliphatic carbocycles. The fourth-order valence-corrected chi connectivity index (χ4v) is 6.99. The van der Waals surface area contributed by atoms with Gasteiger partial charge in [0.2, 0.25) is 10.0 Å². The minimum Gasteiger partial charge on any atom is -0.295 e. The summed E-state index contributed by atoms with van der Waals surface area (Å²) >= 11 is 1.45. The maximum atomic E-state index is 13.2. The number of fused-ring (bicyclic) bond motifs is 1. The maximum Gasteiger partial charge on any atom is 0.259 e. The van der Waals surface area contributed by atoms with Crippen molar-refractivity contribution >= 4 is 26.3 Å². The zero-order chi connectivity index (χ0) is 23.9. The Morgan fingerprint density at radius 1 is 0.971 bits per heavy atom. The van der Waals surface area contributed by atoms with Crippen LogP contribution < -0.4 is 5.56 Å². The van der Waals surface area contributed by atoms with Gasteiger partial charge in [-0.15, -0.1) is 11.3 Å². The number of aryl methyl sites for hydroxylation is 2. The minimum atomic E-state index is -3.53. The van der Waals surface area contributed by atoms with E-state index >= 15 is 0 Å². The highest BCUT2D eigenvalue weighted by Crippen LogP contribution is 2.25. The number of sulfonamides is 1. The van der Waals surface area contributed by atoms with Crippen molar-refractivity contribution in [1.82, 2.24) is 18.6 Å². The summed E-state index contributed by atoms with van der Waals surface area (Å²) in [6.45, 7) is 6.25. The lowest BCUT2D eigenvalue weighted by Gasteiger charge is -2.34. The van der Waals surface area contributed by atoms with E-state index < -0.39 is 10.0 Å². The highest BCUT2D eigenvalue weighted by atomic mass is 32.2. The van der Waals surface area contributed by atoms with Crippen molar-refractivity contribution in [2.24, 2.45) is 0 Å². The number of benzene rings is 2. The van der Waals surface area contributed by atoms with E-state index in [1.165, 1.54) is 11.3 Å². The molecule has 2 aromatic heterocycles. The van der Waals surface area contributed by atoms with E-state index in [-0.39, 0.29) is 5.56 Å². The molecule has 1 aliphatic rings. The van der Waals surface area contributed by atoms with Crippen LogP contribution in [0.4, 0.5) is 0 Å². The molecule has 0 saturated carbocycles. The van der Waals surface area contributed by atoms with Crippen molar-refractivity contribution in [1.29, 1.82) is 0 Å². The predicted molar refractivity (Wildman–Crippen MR) is 135 cm³/mol. The second-order valence-corrected chi connectivity index (χ2v) is 11.4. The predicted octanol–water partition coefficient (Wildman–Crippen LogP) is 3.55. The average molecular weight is 495 g/mol. The second kappa shape index (κ2) is 9.07. The van der Waals surface area contributed by atoms with Gasteiger partial charge < -0.3 is 0 Å². The van der Waals surface area contributed by atoms with Crippen LogP contribution >= 0.6 is 11.3 Å². The van der Waals surface area contributed by atoms with Gasteiger partial charge in [-0.3, -0.25) is 14.1 Å². The standard InChI is InChI=1S/C25H26N4O3S2/c1-18-8-9-19(2)23(14-18)34(31,32)28-12-10-27(11-13-28)16-21-15-24(30)29-22(17-33-25(29)26-21)20-6-4-3-5-7-20/h3-9,14-15,17H,10-13,16H2,1-2H3. The van der Waals surface area contributed by atoms with Gasteiger partial charge >= 0.3 is 0 Å². The zero-order valence-electron chi connectivity index (χ0n) is 19.1. The molecule has 0 amide bonds. The molecular weight excluding hydrogens is 468 g/mol. The Kier molecular flexibility index (Phi) is 6.11. The van der Waals surface area contributed by atoms with Crippen LogP contribution in [-0.4, -0.2) is 53.2 Å². The first-order valence-corrected chi connectivity index (χ1v) is 13.5. The Morgan fingerprint density at radius 3 is 2.44 bits per heavy atom. The van der Waals surface area contributed by atoms with Crippen LogP contribution in [0.5, 0.6) is 0 Å². The molecule has 5 rings (SSSR count). The number of thiazole rings is 1. The largest absolute Gasteiger partial charge is 0.295 e. The quantitative estimate of drug-likeness (QED) is 0.424. The van der Waals surface area contributed by atoms with E-state index in [0.29, 0.717) is 48.3 Å². The van der Waals surface area contributed by atoms with Crippen molar-refractivity contribution in [3.8, 4) is 11.3 Å². The molecule has 3 heterocycles. The number of hydrogen-bond acceptors (Lipinski definition) is 6. The smallest absolute Gasteiger partial charge is 0.259 e. The lowest BCUT2D eigenvalue weighted by molar-refractivity contribution is 0.180. The topological polar surface area (TPSA) is 75.0 Å². The van der Waals surface area contributed by atoms with E-state index in [1.54, 1.807) is 20.8 Å². The summed E-state index contributed by atoms with van der Waals surface area (Å²) < 4.78 is 29.6. The van der Waals surface area contributed by atoms with Gasteiger partial charge in [0.25, 0.3) is 5.56 Å². The third-order valence-corrected chi connectivity index (χ3v) is 9.07. The van der Waals surface area contributed by atoms with Crippen LogP contribution in [0.3, 0.4) is 0 Å². The Bertz CT molecular complexity index is 1500. The van der Waals surface area contributed by atoms with Gasteiger partial charge in [-0.1, -0.05) is 42.5 Å². The number of hydrogen-bond donors (Lipinski definition) is 0. The van der Waals surface area contributed by atoms with Crippen LogP contribution in [0.1, 0.15) is 16.8 Å². The molecule has 0 atom stereocenters. The molecule has 0 bridgehead atoms. The molecule has 4 aromatic rings. The summed E-state index contributed by atoms with van der Waals surface area (Å²) in [5, 5.41) is 1.96. The summed E-state index contributed by atoms with van der Waals surface area (Å²) in [6.07, 6.45) is 0. The number of rotatable bonds is 5. The number of piperazine rings is 1. The van der Waals surface area contributed by atoms with Gasteiger partial charge in [0.05, 0.1) is 16.3 Å². The van der Waals surface area contributed by atoms with Crippen molar-refractivity contribution < 1.29 is 8.42 Å². The first-order valence-electron chi connectivity index (χ1n) is 11.2. The molecule has 1 saturated heterocycles. The highest BCUT2D eigenvalue weighted by molar-refractivity contribution is 7.89. The van der Waals surface area contributed by atoms with Crippen LogP contribution in [0, 0.1) is 13.8 Å². The Balaban J connectivity index is 1.31. The molecule has 0 radical (unpaired) electrons. The maximum absolute atomic E-state index is 13.2.